The smallest absolute Gasteiger partial charge is 0.341 e. The van der Waals surface area contributed by atoms with Gasteiger partial charge in [0.05, 0.1) is 62.1 Å². The summed E-state index contributed by atoms with van der Waals surface area (Å²) < 4.78 is 44.8. The second-order valence-electron chi connectivity index (χ2n) is 15.3. The monoisotopic (exact) mass is 783 g/mol. The topological polar surface area (TPSA) is 146 Å². The van der Waals surface area contributed by atoms with Crippen LogP contribution in [-0.4, -0.2) is 97.4 Å². The number of halogens is 2. The van der Waals surface area contributed by atoms with Crippen molar-refractivity contribution in [3.63, 3.8) is 0 Å². The number of anilines is 2. The SMILES string of the molecule is CCOC(=O)c1cnc(CC2(c3ccc(F)c(N4CCOCC4)c3)CCC2)nc1.NCC(=O)c1cnc(CC2(c3ccc(F)c(N4CCOCC4)c3)CCC2)nc1. The number of nitrogens with zero attached hydrogens (tertiary/aromatic N) is 6. The molecular formula is C43H51F2N7O5. The molecule has 57 heavy (non-hydrogen) atoms. The van der Waals surface area contributed by atoms with Crippen LogP contribution in [0.1, 0.15) is 88.9 Å². The summed E-state index contributed by atoms with van der Waals surface area (Å²) in [5.41, 5.74) is 9.58. The lowest BCUT2D eigenvalue weighted by Crippen LogP contribution is -2.39. The van der Waals surface area contributed by atoms with Crippen molar-refractivity contribution in [2.45, 2.75) is 69.1 Å². The lowest BCUT2D eigenvalue weighted by Gasteiger charge is -2.43. The Morgan fingerprint density at radius 3 is 1.49 bits per heavy atom. The zero-order chi connectivity index (χ0) is 39.8. The normalized spacial score (nSPS) is 18.4. The van der Waals surface area contributed by atoms with Crippen LogP contribution >= 0.6 is 0 Å². The number of aromatic nitrogens is 4. The highest BCUT2D eigenvalue weighted by atomic mass is 19.1. The summed E-state index contributed by atoms with van der Waals surface area (Å²) in [5.74, 6) is 0.423. The van der Waals surface area contributed by atoms with Gasteiger partial charge in [0.15, 0.2) is 5.78 Å². The first-order chi connectivity index (χ1) is 27.7. The molecule has 2 aromatic carbocycles. The number of hydrogen-bond donors (Lipinski definition) is 1. The number of hydrogen-bond acceptors (Lipinski definition) is 12. The van der Waals surface area contributed by atoms with Crippen molar-refractivity contribution in [2.24, 2.45) is 5.73 Å². The van der Waals surface area contributed by atoms with Gasteiger partial charge in [-0.2, -0.15) is 0 Å². The van der Waals surface area contributed by atoms with Crippen LogP contribution < -0.4 is 15.5 Å². The lowest BCUT2D eigenvalue weighted by atomic mass is 9.62. The van der Waals surface area contributed by atoms with Crippen LogP contribution in [0.2, 0.25) is 0 Å². The standard InChI is InChI=1S/C22H26FN3O3.C21H25FN4O2/c1-2-29-21(27)16-14-24-20(25-15-16)13-22(6-3-7-22)17-4-5-18(23)19(12-17)26-8-10-28-11-9-26;22-17-3-2-16(10-18(17)26-6-8-28-9-7-26)21(4-1-5-21)11-20-24-13-15(14-25-20)19(27)12-23/h4-5,12,14-15H,2-3,6-11,13H2,1H3;2-3,10,13-14H,1,4-9,11-12,23H2. The molecular weight excluding hydrogens is 733 g/mol. The second-order valence-corrected chi connectivity index (χ2v) is 15.3. The molecule has 302 valence electrons. The molecule has 2 aromatic heterocycles. The first-order valence-electron chi connectivity index (χ1n) is 20.0. The molecule has 0 bridgehead atoms. The first-order valence-corrected chi connectivity index (χ1v) is 20.0. The van der Waals surface area contributed by atoms with Crippen molar-refractivity contribution in [1.82, 2.24) is 19.9 Å². The Kier molecular flexibility index (Phi) is 12.8. The Morgan fingerprint density at radius 1 is 0.702 bits per heavy atom. The fraction of sp³-hybridized carbons (Fsp3) is 0.488. The van der Waals surface area contributed by atoms with Gasteiger partial charge in [-0.05, 0) is 68.0 Å². The Labute approximate surface area is 332 Å². The van der Waals surface area contributed by atoms with E-state index in [0.29, 0.717) is 106 Å². The van der Waals surface area contributed by atoms with Gasteiger partial charge in [0.1, 0.15) is 23.3 Å². The molecule has 2 saturated carbocycles. The average molecular weight is 784 g/mol. The molecule has 4 aliphatic rings. The van der Waals surface area contributed by atoms with Crippen LogP contribution in [0, 0.1) is 11.6 Å². The Hall–Kier alpha value is -4.92. The molecule has 14 heteroatoms. The van der Waals surface area contributed by atoms with Crippen molar-refractivity contribution in [3.05, 3.63) is 107 Å². The van der Waals surface area contributed by atoms with Crippen molar-refractivity contribution >= 4 is 23.1 Å². The van der Waals surface area contributed by atoms with Crippen molar-refractivity contribution < 1.29 is 32.6 Å². The van der Waals surface area contributed by atoms with E-state index >= 15 is 0 Å². The largest absolute Gasteiger partial charge is 0.462 e. The third-order valence-corrected chi connectivity index (χ3v) is 11.9. The van der Waals surface area contributed by atoms with E-state index in [-0.39, 0.29) is 34.8 Å². The van der Waals surface area contributed by atoms with Crippen LogP contribution in [0.5, 0.6) is 0 Å². The fourth-order valence-corrected chi connectivity index (χ4v) is 8.20. The van der Waals surface area contributed by atoms with E-state index < -0.39 is 5.97 Å². The lowest BCUT2D eigenvalue weighted by molar-refractivity contribution is 0.0525. The van der Waals surface area contributed by atoms with Crippen LogP contribution in [0.4, 0.5) is 20.2 Å². The molecule has 0 atom stereocenters. The number of benzene rings is 2. The van der Waals surface area contributed by atoms with E-state index in [1.54, 1.807) is 31.5 Å². The molecule has 4 heterocycles. The maximum Gasteiger partial charge on any atom is 0.341 e. The van der Waals surface area contributed by atoms with E-state index in [1.807, 2.05) is 24.3 Å². The Balaban J connectivity index is 0.000000174. The van der Waals surface area contributed by atoms with Gasteiger partial charge in [-0.1, -0.05) is 25.0 Å². The van der Waals surface area contributed by atoms with Gasteiger partial charge < -0.3 is 29.7 Å². The third-order valence-electron chi connectivity index (χ3n) is 11.9. The number of ether oxygens (including phenoxy) is 3. The van der Waals surface area contributed by atoms with Gasteiger partial charge in [0.2, 0.25) is 0 Å². The van der Waals surface area contributed by atoms with Gasteiger partial charge in [-0.3, -0.25) is 4.79 Å². The van der Waals surface area contributed by atoms with Gasteiger partial charge in [0.25, 0.3) is 0 Å². The molecule has 4 fully saturated rings. The first kappa shape index (κ1) is 40.3. The summed E-state index contributed by atoms with van der Waals surface area (Å²) in [6.45, 7) is 7.32. The maximum absolute atomic E-state index is 14.5. The van der Waals surface area contributed by atoms with E-state index in [0.717, 1.165) is 49.7 Å². The van der Waals surface area contributed by atoms with Crippen molar-refractivity contribution in [1.29, 1.82) is 0 Å². The Morgan fingerprint density at radius 2 is 1.12 bits per heavy atom. The zero-order valence-electron chi connectivity index (χ0n) is 32.6. The minimum absolute atomic E-state index is 0.0491. The number of rotatable bonds is 12. The maximum atomic E-state index is 14.5. The summed E-state index contributed by atoms with van der Waals surface area (Å²) >= 11 is 0. The Bertz CT molecular complexity index is 2000. The van der Waals surface area contributed by atoms with Crippen LogP contribution in [0.25, 0.3) is 0 Å². The van der Waals surface area contributed by atoms with E-state index in [4.69, 9.17) is 19.9 Å². The molecule has 0 unspecified atom stereocenters. The summed E-state index contributed by atoms with van der Waals surface area (Å²) in [4.78, 5) is 45.1. The highest BCUT2D eigenvalue weighted by molar-refractivity contribution is 5.96. The fourth-order valence-electron chi connectivity index (χ4n) is 8.20. The van der Waals surface area contributed by atoms with Gasteiger partial charge in [-0.15, -0.1) is 0 Å². The van der Waals surface area contributed by atoms with Gasteiger partial charge >= 0.3 is 5.97 Å². The summed E-state index contributed by atoms with van der Waals surface area (Å²) in [6, 6.07) is 10.9. The highest BCUT2D eigenvalue weighted by Crippen LogP contribution is 2.48. The molecule has 0 spiro atoms. The molecule has 2 N–H and O–H groups in total. The molecule has 12 nitrogen and oxygen atoms in total. The summed E-state index contributed by atoms with van der Waals surface area (Å²) in [6.07, 6.45) is 13.8. The number of ketones is 1. The van der Waals surface area contributed by atoms with Gasteiger partial charge in [-0.25, -0.2) is 33.5 Å². The zero-order valence-corrected chi connectivity index (χ0v) is 32.6. The van der Waals surface area contributed by atoms with Crippen LogP contribution in [0.3, 0.4) is 0 Å². The summed E-state index contributed by atoms with van der Waals surface area (Å²) in [7, 11) is 0. The molecule has 2 saturated heterocycles. The number of carbonyl (C=O) groups excluding carboxylic acids is 2. The van der Waals surface area contributed by atoms with Crippen LogP contribution in [-0.2, 0) is 37.9 Å². The predicted octanol–water partition coefficient (Wildman–Crippen LogP) is 5.55. The highest BCUT2D eigenvalue weighted by Gasteiger charge is 2.41. The molecule has 8 rings (SSSR count). The number of nitrogens with two attached hydrogens (primary N) is 1. The van der Waals surface area contributed by atoms with Crippen molar-refractivity contribution in [2.75, 3.05) is 75.6 Å². The minimum atomic E-state index is -0.411. The molecule has 0 amide bonds. The number of Topliss-reactive ketones (excluding diaryl/α,β-unsaturated/α-hetero) is 1. The second kappa shape index (κ2) is 18.1. The quantitative estimate of drug-likeness (QED) is 0.142. The van der Waals surface area contributed by atoms with Crippen molar-refractivity contribution in [3.8, 4) is 0 Å². The number of morpholine rings is 2. The van der Waals surface area contributed by atoms with E-state index in [9.17, 15) is 18.4 Å². The predicted molar refractivity (Wildman–Crippen MR) is 211 cm³/mol. The van der Waals surface area contributed by atoms with E-state index in [1.165, 1.54) is 12.4 Å². The van der Waals surface area contributed by atoms with Gasteiger partial charge in [0, 0.05) is 74.6 Å². The van der Waals surface area contributed by atoms with Crippen LogP contribution in [0.15, 0.2) is 61.2 Å². The molecule has 2 aliphatic carbocycles. The molecule has 0 radical (unpaired) electrons. The minimum Gasteiger partial charge on any atom is -0.462 e. The number of esters is 1. The molecule has 2 aliphatic heterocycles. The average Bonchev–Trinajstić information content (AvgIpc) is 3.22. The van der Waals surface area contributed by atoms with E-state index in [2.05, 4.69) is 29.7 Å². The summed E-state index contributed by atoms with van der Waals surface area (Å²) in [5, 5.41) is 0. The number of carbonyl (C=O) groups is 2. The third kappa shape index (κ3) is 9.13. The molecule has 4 aromatic rings.